The van der Waals surface area contributed by atoms with Crippen LogP contribution in [0.3, 0.4) is 0 Å². The van der Waals surface area contributed by atoms with Gasteiger partial charge in [-0.15, -0.1) is 0 Å². The van der Waals surface area contributed by atoms with E-state index in [1.165, 1.54) is 13.2 Å². The van der Waals surface area contributed by atoms with Gasteiger partial charge in [0, 0.05) is 13.1 Å². The summed E-state index contributed by atoms with van der Waals surface area (Å²) in [6, 6.07) is 4.65. The number of hydrogen-bond donors (Lipinski definition) is 2. The quantitative estimate of drug-likeness (QED) is 0.795. The second kappa shape index (κ2) is 6.74. The normalized spacial score (nSPS) is 19.9. The van der Waals surface area contributed by atoms with Gasteiger partial charge in [-0.1, -0.05) is 6.07 Å². The summed E-state index contributed by atoms with van der Waals surface area (Å²) in [4.78, 5) is 2.26. The Morgan fingerprint density at radius 2 is 2.24 bits per heavy atom. The highest BCUT2D eigenvalue weighted by Crippen LogP contribution is 2.25. The summed E-state index contributed by atoms with van der Waals surface area (Å²) in [6.07, 6.45) is 0.993. The summed E-state index contributed by atoms with van der Waals surface area (Å²) < 4.78 is 32.6. The van der Waals surface area contributed by atoms with Gasteiger partial charge in [-0.25, -0.2) is 13.1 Å². The molecule has 1 aromatic carbocycles. The zero-order valence-corrected chi connectivity index (χ0v) is 13.2. The molecule has 2 N–H and O–H groups in total. The minimum atomic E-state index is -3.65. The van der Waals surface area contributed by atoms with E-state index in [1.54, 1.807) is 12.1 Å². The molecule has 7 heteroatoms. The number of benzene rings is 1. The molecule has 21 heavy (non-hydrogen) atoms. The Kier molecular flexibility index (Phi) is 5.21. The van der Waals surface area contributed by atoms with E-state index in [4.69, 9.17) is 9.84 Å². The number of sulfonamides is 1. The Morgan fingerprint density at radius 3 is 2.81 bits per heavy atom. The third kappa shape index (κ3) is 3.94. The van der Waals surface area contributed by atoms with Crippen LogP contribution in [0.15, 0.2) is 23.1 Å². The summed E-state index contributed by atoms with van der Waals surface area (Å²) in [6.45, 7) is 2.10. The topological polar surface area (TPSA) is 78.9 Å². The Labute approximate surface area is 125 Å². The van der Waals surface area contributed by atoms with Gasteiger partial charge in [-0.05, 0) is 43.6 Å². The highest BCUT2D eigenvalue weighted by Gasteiger charge is 2.24. The standard InChI is InChI=1S/C14H22N2O4S/c1-16-6-5-12(9-16)8-15-21(18,19)14-7-11(10-17)3-4-13(14)20-2/h3-4,7,12,15,17H,5-6,8-10H2,1-2H3. The van der Waals surface area contributed by atoms with Crippen LogP contribution < -0.4 is 9.46 Å². The van der Waals surface area contributed by atoms with Crippen LogP contribution >= 0.6 is 0 Å². The fraction of sp³-hybridized carbons (Fsp3) is 0.571. The van der Waals surface area contributed by atoms with Crippen molar-refractivity contribution in [2.75, 3.05) is 33.8 Å². The molecule has 6 nitrogen and oxygen atoms in total. The molecule has 0 aromatic heterocycles. The summed E-state index contributed by atoms with van der Waals surface area (Å²) in [5.74, 6) is 0.611. The Balaban J connectivity index is 2.14. The van der Waals surface area contributed by atoms with Crippen LogP contribution in [-0.2, 0) is 16.6 Å². The van der Waals surface area contributed by atoms with Crippen molar-refractivity contribution in [1.29, 1.82) is 0 Å². The van der Waals surface area contributed by atoms with Crippen molar-refractivity contribution < 1.29 is 18.3 Å². The van der Waals surface area contributed by atoms with E-state index in [0.29, 0.717) is 18.0 Å². The molecule has 1 aromatic rings. The predicted molar refractivity (Wildman–Crippen MR) is 79.7 cm³/mol. The minimum absolute atomic E-state index is 0.0721. The zero-order valence-electron chi connectivity index (χ0n) is 12.4. The molecular weight excluding hydrogens is 292 g/mol. The van der Waals surface area contributed by atoms with Crippen LogP contribution in [0.5, 0.6) is 5.75 Å². The van der Waals surface area contributed by atoms with Crippen molar-refractivity contribution in [2.24, 2.45) is 5.92 Å². The van der Waals surface area contributed by atoms with Gasteiger partial charge in [-0.3, -0.25) is 0 Å². The lowest BCUT2D eigenvalue weighted by Gasteiger charge is -2.14. The van der Waals surface area contributed by atoms with Crippen LogP contribution in [0.1, 0.15) is 12.0 Å². The van der Waals surface area contributed by atoms with Gasteiger partial charge in [0.05, 0.1) is 13.7 Å². The van der Waals surface area contributed by atoms with Crippen molar-refractivity contribution in [1.82, 2.24) is 9.62 Å². The fourth-order valence-corrected chi connectivity index (χ4v) is 3.86. The van der Waals surface area contributed by atoms with Crippen molar-refractivity contribution in [3.05, 3.63) is 23.8 Å². The van der Waals surface area contributed by atoms with E-state index in [0.717, 1.165) is 19.5 Å². The van der Waals surface area contributed by atoms with E-state index in [9.17, 15) is 8.42 Å². The predicted octanol–water partition coefficient (Wildman–Crippen LogP) is 0.417. The first-order chi connectivity index (χ1) is 9.96. The van der Waals surface area contributed by atoms with Gasteiger partial charge in [0.25, 0.3) is 0 Å². The molecule has 0 radical (unpaired) electrons. The number of aliphatic hydroxyl groups is 1. The summed E-state index contributed by atoms with van der Waals surface area (Å²) in [7, 11) is -0.186. The monoisotopic (exact) mass is 314 g/mol. The molecule has 0 amide bonds. The van der Waals surface area contributed by atoms with Gasteiger partial charge in [-0.2, -0.15) is 0 Å². The van der Waals surface area contributed by atoms with Crippen LogP contribution in [0, 0.1) is 5.92 Å². The highest BCUT2D eigenvalue weighted by molar-refractivity contribution is 7.89. The molecule has 1 aliphatic rings. The maximum atomic E-state index is 12.4. The van der Waals surface area contributed by atoms with Crippen molar-refractivity contribution in [3.8, 4) is 5.75 Å². The van der Waals surface area contributed by atoms with Gasteiger partial charge < -0.3 is 14.7 Å². The summed E-state index contributed by atoms with van der Waals surface area (Å²) >= 11 is 0. The Morgan fingerprint density at radius 1 is 1.48 bits per heavy atom. The number of aliphatic hydroxyl groups excluding tert-OH is 1. The molecular formula is C14H22N2O4S. The average Bonchev–Trinajstić information content (AvgIpc) is 2.90. The molecule has 2 rings (SSSR count). The number of ether oxygens (including phenoxy) is 1. The first kappa shape index (κ1) is 16.2. The highest BCUT2D eigenvalue weighted by atomic mass is 32.2. The number of nitrogens with one attached hydrogen (secondary N) is 1. The second-order valence-corrected chi connectivity index (χ2v) is 7.15. The van der Waals surface area contributed by atoms with Crippen molar-refractivity contribution in [2.45, 2.75) is 17.9 Å². The molecule has 0 bridgehead atoms. The zero-order chi connectivity index (χ0) is 15.5. The summed E-state index contributed by atoms with van der Waals surface area (Å²) in [5, 5.41) is 9.16. The van der Waals surface area contributed by atoms with Gasteiger partial charge in [0.1, 0.15) is 10.6 Å². The van der Waals surface area contributed by atoms with Crippen molar-refractivity contribution >= 4 is 10.0 Å². The van der Waals surface area contributed by atoms with Crippen LogP contribution in [-0.4, -0.2) is 52.2 Å². The fourth-order valence-electron chi connectivity index (χ4n) is 2.53. The molecule has 0 aliphatic carbocycles. The smallest absolute Gasteiger partial charge is 0.244 e. The number of likely N-dealkylation sites (tertiary alicyclic amines) is 1. The molecule has 1 unspecified atom stereocenters. The lowest BCUT2D eigenvalue weighted by atomic mass is 10.1. The first-order valence-electron chi connectivity index (χ1n) is 6.92. The molecule has 0 saturated carbocycles. The van der Waals surface area contributed by atoms with Gasteiger partial charge in [0.2, 0.25) is 10.0 Å². The maximum absolute atomic E-state index is 12.4. The molecule has 118 valence electrons. The lowest BCUT2D eigenvalue weighted by molar-refractivity contribution is 0.281. The largest absolute Gasteiger partial charge is 0.495 e. The van der Waals surface area contributed by atoms with E-state index in [2.05, 4.69) is 9.62 Å². The number of nitrogens with zero attached hydrogens (tertiary/aromatic N) is 1. The Hall–Kier alpha value is -1.15. The molecule has 1 atom stereocenters. The molecule has 1 fully saturated rings. The summed E-state index contributed by atoms with van der Waals surface area (Å²) in [5.41, 5.74) is 0.539. The van der Waals surface area contributed by atoms with Crippen LogP contribution in [0.4, 0.5) is 0 Å². The number of methoxy groups -OCH3 is 1. The number of hydrogen-bond acceptors (Lipinski definition) is 5. The molecule has 1 heterocycles. The van der Waals surface area contributed by atoms with Crippen molar-refractivity contribution in [3.63, 3.8) is 0 Å². The molecule has 1 saturated heterocycles. The third-order valence-corrected chi connectivity index (χ3v) is 5.20. The molecule has 1 aliphatic heterocycles. The van der Waals surface area contributed by atoms with Gasteiger partial charge >= 0.3 is 0 Å². The minimum Gasteiger partial charge on any atom is -0.495 e. The Bertz CT molecular complexity index is 589. The maximum Gasteiger partial charge on any atom is 0.244 e. The average molecular weight is 314 g/mol. The first-order valence-corrected chi connectivity index (χ1v) is 8.40. The van der Waals surface area contributed by atoms with E-state index < -0.39 is 10.0 Å². The SMILES string of the molecule is COc1ccc(CO)cc1S(=O)(=O)NCC1CCN(C)C1. The van der Waals surface area contributed by atoms with E-state index >= 15 is 0 Å². The molecule has 0 spiro atoms. The lowest BCUT2D eigenvalue weighted by Crippen LogP contribution is -2.30. The van der Waals surface area contributed by atoms with E-state index in [1.807, 2.05) is 7.05 Å². The second-order valence-electron chi connectivity index (χ2n) is 5.41. The number of rotatable bonds is 6. The van der Waals surface area contributed by atoms with Crippen LogP contribution in [0.2, 0.25) is 0 Å². The van der Waals surface area contributed by atoms with Gasteiger partial charge in [0.15, 0.2) is 0 Å². The third-order valence-electron chi connectivity index (χ3n) is 3.75. The van der Waals surface area contributed by atoms with Crippen LogP contribution in [0.25, 0.3) is 0 Å². The van der Waals surface area contributed by atoms with E-state index in [-0.39, 0.29) is 17.3 Å².